The van der Waals surface area contributed by atoms with Gasteiger partial charge in [-0.2, -0.15) is 0 Å². The van der Waals surface area contributed by atoms with Gasteiger partial charge in [0.15, 0.2) is 4.77 Å². The average Bonchev–Trinajstić information content (AvgIpc) is 2.66. The SMILES string of the molecule is Cc1ccc2[nH]c(=S)n(-c3c(C)cccc3F)c2c1. The summed E-state index contributed by atoms with van der Waals surface area (Å²) in [5.41, 5.74) is 4.31. The first kappa shape index (κ1) is 12.1. The highest BCUT2D eigenvalue weighted by Crippen LogP contribution is 2.25. The summed E-state index contributed by atoms with van der Waals surface area (Å²) in [6.07, 6.45) is 0. The number of para-hydroxylation sites is 1. The van der Waals surface area contributed by atoms with Gasteiger partial charge in [0, 0.05) is 0 Å². The van der Waals surface area contributed by atoms with E-state index in [0.717, 1.165) is 22.2 Å². The van der Waals surface area contributed by atoms with Gasteiger partial charge in [-0.1, -0.05) is 18.2 Å². The zero-order valence-electron chi connectivity index (χ0n) is 10.7. The molecule has 0 aliphatic rings. The lowest BCUT2D eigenvalue weighted by atomic mass is 10.1. The first-order chi connectivity index (χ1) is 9.08. The lowest BCUT2D eigenvalue weighted by molar-refractivity contribution is 0.617. The van der Waals surface area contributed by atoms with Crippen molar-refractivity contribution in [3.8, 4) is 5.69 Å². The van der Waals surface area contributed by atoms with Crippen LogP contribution in [0, 0.1) is 24.4 Å². The maximum absolute atomic E-state index is 14.1. The lowest BCUT2D eigenvalue weighted by Gasteiger charge is -2.09. The minimum Gasteiger partial charge on any atom is -0.330 e. The smallest absolute Gasteiger partial charge is 0.182 e. The van der Waals surface area contributed by atoms with Crippen LogP contribution in [0.3, 0.4) is 0 Å². The van der Waals surface area contributed by atoms with Crippen molar-refractivity contribution in [3.63, 3.8) is 0 Å². The molecule has 0 atom stereocenters. The fraction of sp³-hybridized carbons (Fsp3) is 0.133. The highest BCUT2D eigenvalue weighted by molar-refractivity contribution is 7.71. The number of aromatic amines is 1. The molecular formula is C15H13FN2S. The van der Waals surface area contributed by atoms with Crippen LogP contribution in [-0.4, -0.2) is 9.55 Å². The third-order valence-electron chi connectivity index (χ3n) is 3.25. The summed E-state index contributed by atoms with van der Waals surface area (Å²) >= 11 is 5.34. The van der Waals surface area contributed by atoms with E-state index in [4.69, 9.17) is 12.2 Å². The van der Waals surface area contributed by atoms with Crippen molar-refractivity contribution in [1.29, 1.82) is 0 Å². The third-order valence-corrected chi connectivity index (χ3v) is 3.54. The van der Waals surface area contributed by atoms with Gasteiger partial charge >= 0.3 is 0 Å². The van der Waals surface area contributed by atoms with Crippen molar-refractivity contribution in [2.75, 3.05) is 0 Å². The lowest BCUT2D eigenvalue weighted by Crippen LogP contribution is -2.00. The molecule has 0 radical (unpaired) electrons. The second-order valence-electron chi connectivity index (χ2n) is 4.69. The summed E-state index contributed by atoms with van der Waals surface area (Å²) in [5.74, 6) is -0.265. The Morgan fingerprint density at radius 3 is 2.68 bits per heavy atom. The molecule has 3 aromatic rings. The molecule has 0 saturated heterocycles. The molecule has 0 fully saturated rings. The highest BCUT2D eigenvalue weighted by atomic mass is 32.1. The Morgan fingerprint density at radius 1 is 1.16 bits per heavy atom. The minimum atomic E-state index is -0.265. The predicted molar refractivity (Wildman–Crippen MR) is 77.9 cm³/mol. The maximum atomic E-state index is 14.1. The second-order valence-corrected chi connectivity index (χ2v) is 5.08. The van der Waals surface area contributed by atoms with E-state index in [-0.39, 0.29) is 5.82 Å². The zero-order chi connectivity index (χ0) is 13.6. The molecular weight excluding hydrogens is 259 g/mol. The molecule has 0 aliphatic carbocycles. The molecule has 1 aromatic heterocycles. The summed E-state index contributed by atoms with van der Waals surface area (Å²) in [6.45, 7) is 3.89. The fourth-order valence-corrected chi connectivity index (χ4v) is 2.64. The molecule has 1 heterocycles. The maximum Gasteiger partial charge on any atom is 0.182 e. The molecule has 0 bridgehead atoms. The fourth-order valence-electron chi connectivity index (χ4n) is 2.34. The molecule has 2 aromatic carbocycles. The van der Waals surface area contributed by atoms with Crippen molar-refractivity contribution in [2.45, 2.75) is 13.8 Å². The second kappa shape index (κ2) is 4.31. The summed E-state index contributed by atoms with van der Waals surface area (Å²) < 4.78 is 16.4. The number of H-pyrrole nitrogens is 1. The van der Waals surface area contributed by atoms with Crippen LogP contribution in [0.1, 0.15) is 11.1 Å². The molecule has 1 N–H and O–H groups in total. The molecule has 0 aliphatic heterocycles. The Kier molecular flexibility index (Phi) is 2.75. The van der Waals surface area contributed by atoms with Gasteiger partial charge in [0.25, 0.3) is 0 Å². The topological polar surface area (TPSA) is 20.7 Å². The molecule has 0 spiro atoms. The van der Waals surface area contributed by atoms with Gasteiger partial charge in [0.2, 0.25) is 0 Å². The number of halogens is 1. The number of aromatic nitrogens is 2. The van der Waals surface area contributed by atoms with E-state index in [1.54, 1.807) is 10.6 Å². The van der Waals surface area contributed by atoms with Crippen molar-refractivity contribution >= 4 is 23.3 Å². The predicted octanol–water partition coefficient (Wildman–Crippen LogP) is 4.44. The molecule has 3 rings (SSSR count). The Morgan fingerprint density at radius 2 is 1.95 bits per heavy atom. The molecule has 19 heavy (non-hydrogen) atoms. The van der Waals surface area contributed by atoms with Crippen molar-refractivity contribution in [2.24, 2.45) is 0 Å². The van der Waals surface area contributed by atoms with Crippen molar-refractivity contribution < 1.29 is 4.39 Å². The normalized spacial score (nSPS) is 11.1. The van der Waals surface area contributed by atoms with Crippen LogP contribution in [0.4, 0.5) is 4.39 Å². The van der Waals surface area contributed by atoms with Gasteiger partial charge in [-0.15, -0.1) is 0 Å². The quantitative estimate of drug-likeness (QED) is 0.649. The Balaban J connectivity index is 2.46. The van der Waals surface area contributed by atoms with Crippen LogP contribution in [-0.2, 0) is 0 Å². The van der Waals surface area contributed by atoms with Crippen LogP contribution in [0.5, 0.6) is 0 Å². The largest absolute Gasteiger partial charge is 0.330 e. The van der Waals surface area contributed by atoms with Gasteiger partial charge in [-0.05, 0) is 55.4 Å². The van der Waals surface area contributed by atoms with Crippen molar-refractivity contribution in [1.82, 2.24) is 9.55 Å². The van der Waals surface area contributed by atoms with Gasteiger partial charge < -0.3 is 4.98 Å². The number of nitrogens with zero attached hydrogens (tertiary/aromatic N) is 1. The Bertz CT molecular complexity index is 810. The number of fused-ring (bicyclic) bond motifs is 1. The molecule has 4 heteroatoms. The minimum absolute atomic E-state index is 0.265. The van der Waals surface area contributed by atoms with E-state index in [2.05, 4.69) is 4.98 Å². The van der Waals surface area contributed by atoms with Crippen LogP contribution < -0.4 is 0 Å². The summed E-state index contributed by atoms with van der Waals surface area (Å²) in [4.78, 5) is 3.12. The van der Waals surface area contributed by atoms with Crippen LogP contribution in [0.2, 0.25) is 0 Å². The Labute approximate surface area is 115 Å². The third kappa shape index (κ3) is 1.88. The number of benzene rings is 2. The van der Waals surface area contributed by atoms with E-state index in [1.165, 1.54) is 6.07 Å². The molecule has 0 amide bonds. The number of nitrogens with one attached hydrogen (secondary N) is 1. The van der Waals surface area contributed by atoms with E-state index in [0.29, 0.717) is 10.5 Å². The summed E-state index contributed by atoms with van der Waals surface area (Å²) in [7, 11) is 0. The molecule has 96 valence electrons. The highest BCUT2D eigenvalue weighted by Gasteiger charge is 2.12. The Hall–Kier alpha value is -1.94. The molecule has 0 saturated carbocycles. The molecule has 2 nitrogen and oxygen atoms in total. The van der Waals surface area contributed by atoms with E-state index < -0.39 is 0 Å². The summed E-state index contributed by atoms with van der Waals surface area (Å²) in [6, 6.07) is 11.0. The van der Waals surface area contributed by atoms with E-state index >= 15 is 0 Å². The monoisotopic (exact) mass is 272 g/mol. The van der Waals surface area contributed by atoms with Gasteiger partial charge in [0.1, 0.15) is 5.82 Å². The van der Waals surface area contributed by atoms with Gasteiger partial charge in [-0.25, -0.2) is 4.39 Å². The number of hydrogen-bond acceptors (Lipinski definition) is 1. The first-order valence-corrected chi connectivity index (χ1v) is 6.45. The molecule has 0 unspecified atom stereocenters. The van der Waals surface area contributed by atoms with Crippen LogP contribution >= 0.6 is 12.2 Å². The van der Waals surface area contributed by atoms with E-state index in [9.17, 15) is 4.39 Å². The first-order valence-electron chi connectivity index (χ1n) is 6.05. The van der Waals surface area contributed by atoms with Crippen molar-refractivity contribution in [3.05, 3.63) is 58.1 Å². The summed E-state index contributed by atoms with van der Waals surface area (Å²) in [5, 5.41) is 0. The van der Waals surface area contributed by atoms with Crippen LogP contribution in [0.15, 0.2) is 36.4 Å². The number of imidazole rings is 1. The van der Waals surface area contributed by atoms with Gasteiger partial charge in [0.05, 0.1) is 16.7 Å². The van der Waals surface area contributed by atoms with E-state index in [1.807, 2.05) is 38.1 Å². The zero-order valence-corrected chi connectivity index (χ0v) is 11.5. The average molecular weight is 272 g/mol. The van der Waals surface area contributed by atoms with Gasteiger partial charge in [-0.3, -0.25) is 4.57 Å². The van der Waals surface area contributed by atoms with Crippen LogP contribution in [0.25, 0.3) is 16.7 Å². The standard InChI is InChI=1S/C15H13FN2S/c1-9-6-7-12-13(8-9)18(15(19)17-12)14-10(2)4-3-5-11(14)16/h3-8H,1-2H3,(H,17,19). The number of aryl methyl sites for hydroxylation is 2. The number of rotatable bonds is 1. The number of hydrogen-bond donors (Lipinski definition) is 1.